The summed E-state index contributed by atoms with van der Waals surface area (Å²) in [7, 11) is 2.08. The van der Waals surface area contributed by atoms with Gasteiger partial charge in [0.15, 0.2) is 0 Å². The molecule has 0 saturated carbocycles. The second-order valence-corrected chi connectivity index (χ2v) is 3.86. The van der Waals surface area contributed by atoms with Gasteiger partial charge in [-0.1, -0.05) is 13.8 Å². The Kier molecular flexibility index (Phi) is 14.7. The minimum Gasteiger partial charge on any atom is -0.395 e. The number of likely N-dealkylation sites (N-methyl/N-ethyl adjacent to an activating group) is 1. The first-order chi connectivity index (χ1) is 7.61. The van der Waals surface area contributed by atoms with Crippen molar-refractivity contribution < 1.29 is 10.2 Å². The third-order valence-corrected chi connectivity index (χ3v) is 2.48. The van der Waals surface area contributed by atoms with Crippen molar-refractivity contribution >= 4 is 0 Å². The van der Waals surface area contributed by atoms with E-state index in [0.29, 0.717) is 19.1 Å². The van der Waals surface area contributed by atoms with Gasteiger partial charge in [-0.15, -0.1) is 0 Å². The van der Waals surface area contributed by atoms with E-state index in [4.69, 9.17) is 10.2 Å². The monoisotopic (exact) mass is 234 g/mol. The van der Waals surface area contributed by atoms with Crippen LogP contribution in [0.1, 0.15) is 27.7 Å². The Balaban J connectivity index is 0. The zero-order chi connectivity index (χ0) is 13.0. The highest BCUT2D eigenvalue weighted by Crippen LogP contribution is 1.94. The molecule has 100 valence electrons. The molecule has 4 nitrogen and oxygen atoms in total. The molecular formula is C12H30N2O2. The van der Waals surface area contributed by atoms with Crippen molar-refractivity contribution in [3.05, 3.63) is 0 Å². The Bertz CT molecular complexity index is 126. The van der Waals surface area contributed by atoms with Crippen molar-refractivity contribution in [3.63, 3.8) is 0 Å². The lowest BCUT2D eigenvalue weighted by Gasteiger charge is -2.26. The van der Waals surface area contributed by atoms with Crippen molar-refractivity contribution in [2.45, 2.75) is 33.7 Å². The number of nitrogens with zero attached hydrogens (tertiary/aromatic N) is 2. The van der Waals surface area contributed by atoms with Gasteiger partial charge in [0.2, 0.25) is 0 Å². The van der Waals surface area contributed by atoms with Crippen LogP contribution in [0.25, 0.3) is 0 Å². The molecule has 0 saturated heterocycles. The first kappa shape index (κ1) is 18.2. The van der Waals surface area contributed by atoms with E-state index in [1.54, 1.807) is 0 Å². The second-order valence-electron chi connectivity index (χ2n) is 3.86. The largest absolute Gasteiger partial charge is 0.395 e. The molecule has 16 heavy (non-hydrogen) atoms. The van der Waals surface area contributed by atoms with E-state index < -0.39 is 0 Å². The van der Waals surface area contributed by atoms with E-state index in [9.17, 15) is 0 Å². The van der Waals surface area contributed by atoms with E-state index in [-0.39, 0.29) is 13.2 Å². The third kappa shape index (κ3) is 10.4. The molecule has 0 fully saturated rings. The molecule has 0 aromatic rings. The summed E-state index contributed by atoms with van der Waals surface area (Å²) in [6.07, 6.45) is 0. The summed E-state index contributed by atoms with van der Waals surface area (Å²) in [6.45, 7) is 11.8. The van der Waals surface area contributed by atoms with E-state index in [2.05, 4.69) is 30.7 Å². The average Bonchev–Trinajstić information content (AvgIpc) is 2.28. The molecule has 0 aliphatic rings. The van der Waals surface area contributed by atoms with Crippen LogP contribution in [-0.2, 0) is 0 Å². The van der Waals surface area contributed by atoms with E-state index in [1.807, 2.05) is 13.8 Å². The third-order valence-electron chi connectivity index (χ3n) is 2.48. The standard InChI is InChI=1S/C10H24N2O2.C2H6/c1-10(2)11(3)4-5-12(6-8-13)7-9-14;1-2/h10,13-14H,4-9H2,1-3H3;1-2H3. The molecule has 0 aliphatic carbocycles. The maximum absolute atomic E-state index is 8.80. The molecule has 0 unspecified atom stereocenters. The fraction of sp³-hybridized carbons (Fsp3) is 1.00. The van der Waals surface area contributed by atoms with Gasteiger partial charge in [0, 0.05) is 32.2 Å². The van der Waals surface area contributed by atoms with E-state index >= 15 is 0 Å². The Morgan fingerprint density at radius 3 is 1.62 bits per heavy atom. The molecule has 0 spiro atoms. The van der Waals surface area contributed by atoms with Crippen molar-refractivity contribution in [3.8, 4) is 0 Å². The number of rotatable bonds is 8. The number of aliphatic hydroxyl groups is 2. The van der Waals surface area contributed by atoms with Gasteiger partial charge in [-0.3, -0.25) is 4.90 Å². The van der Waals surface area contributed by atoms with Crippen LogP contribution in [-0.4, -0.2) is 72.5 Å². The van der Waals surface area contributed by atoms with E-state index in [1.165, 1.54) is 0 Å². The smallest absolute Gasteiger partial charge is 0.0558 e. The Labute approximate surface area is 101 Å². The molecule has 0 aromatic heterocycles. The first-order valence-corrected chi connectivity index (χ1v) is 6.26. The molecule has 0 bridgehead atoms. The predicted molar refractivity (Wildman–Crippen MR) is 69.7 cm³/mol. The minimum atomic E-state index is 0.158. The summed E-state index contributed by atoms with van der Waals surface area (Å²) in [5.41, 5.74) is 0. The fourth-order valence-corrected chi connectivity index (χ4v) is 1.18. The maximum Gasteiger partial charge on any atom is 0.0558 e. The van der Waals surface area contributed by atoms with Crippen LogP contribution in [0.5, 0.6) is 0 Å². The van der Waals surface area contributed by atoms with Gasteiger partial charge in [0.1, 0.15) is 0 Å². The summed E-state index contributed by atoms with van der Waals surface area (Å²) in [5, 5.41) is 17.6. The minimum absolute atomic E-state index is 0.158. The van der Waals surface area contributed by atoms with E-state index in [0.717, 1.165) is 13.1 Å². The van der Waals surface area contributed by atoms with Gasteiger partial charge in [-0.05, 0) is 20.9 Å². The van der Waals surface area contributed by atoms with Crippen LogP contribution in [0, 0.1) is 0 Å². The van der Waals surface area contributed by atoms with Crippen LogP contribution in [0.2, 0.25) is 0 Å². The number of aliphatic hydroxyl groups excluding tert-OH is 2. The lowest BCUT2D eigenvalue weighted by Crippen LogP contribution is -2.38. The van der Waals surface area contributed by atoms with Gasteiger partial charge in [-0.2, -0.15) is 0 Å². The highest BCUT2D eigenvalue weighted by Gasteiger charge is 2.07. The van der Waals surface area contributed by atoms with Crippen molar-refractivity contribution in [1.29, 1.82) is 0 Å². The maximum atomic E-state index is 8.80. The summed E-state index contributed by atoms with van der Waals surface area (Å²) >= 11 is 0. The zero-order valence-electron chi connectivity index (χ0n) is 11.6. The highest BCUT2D eigenvalue weighted by molar-refractivity contribution is 4.62. The molecule has 0 aliphatic heterocycles. The molecule has 2 N–H and O–H groups in total. The summed E-state index contributed by atoms with van der Waals surface area (Å²) < 4.78 is 0. The Morgan fingerprint density at radius 1 is 0.875 bits per heavy atom. The molecule has 4 heteroatoms. The molecule has 0 amide bonds. The molecule has 0 atom stereocenters. The van der Waals surface area contributed by atoms with Gasteiger partial charge in [-0.25, -0.2) is 0 Å². The quantitative estimate of drug-likeness (QED) is 0.647. The second kappa shape index (κ2) is 12.9. The first-order valence-electron chi connectivity index (χ1n) is 6.26. The van der Waals surface area contributed by atoms with Crippen LogP contribution in [0.4, 0.5) is 0 Å². The van der Waals surface area contributed by atoms with Gasteiger partial charge in [0.05, 0.1) is 13.2 Å². The molecule has 0 rings (SSSR count). The average molecular weight is 234 g/mol. The van der Waals surface area contributed by atoms with Gasteiger partial charge in [0.25, 0.3) is 0 Å². The lowest BCUT2D eigenvalue weighted by molar-refractivity contribution is 0.142. The Morgan fingerprint density at radius 2 is 1.31 bits per heavy atom. The Hall–Kier alpha value is -0.160. The fourth-order valence-electron chi connectivity index (χ4n) is 1.18. The van der Waals surface area contributed by atoms with Gasteiger partial charge < -0.3 is 15.1 Å². The summed E-state index contributed by atoms with van der Waals surface area (Å²) in [6, 6.07) is 0.542. The van der Waals surface area contributed by atoms with Crippen molar-refractivity contribution in [1.82, 2.24) is 9.80 Å². The van der Waals surface area contributed by atoms with Crippen LogP contribution in [0.15, 0.2) is 0 Å². The van der Waals surface area contributed by atoms with Crippen molar-refractivity contribution in [2.24, 2.45) is 0 Å². The number of hydrogen-bond acceptors (Lipinski definition) is 4. The van der Waals surface area contributed by atoms with Crippen LogP contribution >= 0.6 is 0 Å². The van der Waals surface area contributed by atoms with Gasteiger partial charge >= 0.3 is 0 Å². The lowest BCUT2D eigenvalue weighted by atomic mass is 10.3. The molecule has 0 radical (unpaired) electrons. The number of hydrogen-bond donors (Lipinski definition) is 2. The van der Waals surface area contributed by atoms with Crippen LogP contribution < -0.4 is 0 Å². The highest BCUT2D eigenvalue weighted by atomic mass is 16.3. The summed E-state index contributed by atoms with van der Waals surface area (Å²) in [5.74, 6) is 0. The SMILES string of the molecule is CC.CC(C)N(C)CCN(CCO)CCO. The normalized spacial score (nSPS) is 10.9. The van der Waals surface area contributed by atoms with Crippen LogP contribution in [0.3, 0.4) is 0 Å². The zero-order valence-corrected chi connectivity index (χ0v) is 11.6. The topological polar surface area (TPSA) is 46.9 Å². The molecule has 0 heterocycles. The molecular weight excluding hydrogens is 204 g/mol. The predicted octanol–water partition coefficient (Wildman–Crippen LogP) is 0.639. The molecule has 0 aromatic carbocycles. The summed E-state index contributed by atoms with van der Waals surface area (Å²) in [4.78, 5) is 4.32. The van der Waals surface area contributed by atoms with Crippen molar-refractivity contribution in [2.75, 3.05) is 46.4 Å².